The number of likely N-dealkylation sites (tertiary alicyclic amines) is 1. The van der Waals surface area contributed by atoms with Crippen molar-refractivity contribution in [3.8, 4) is 10.7 Å². The lowest BCUT2D eigenvalue weighted by molar-refractivity contribution is -0.122. The average Bonchev–Trinajstić information content (AvgIpc) is 3.11. The van der Waals surface area contributed by atoms with Crippen LogP contribution in [-0.2, 0) is 11.3 Å². The summed E-state index contributed by atoms with van der Waals surface area (Å²) in [4.78, 5) is 22.4. The molecule has 1 saturated heterocycles. The number of piperidine rings is 1. The standard InChI is InChI=1S/C21H31N3S.CH2O2/c1-5-7-16-12-17(21(2,3)4)14-24(13-16)15-18-8-9-19(25-18)20-22-10-6-11-23-20;2-1-3/h6,8-11,16-17H,5,7,12-15H2,1-4H3;1H,(H,2,3). The van der Waals surface area contributed by atoms with Crippen LogP contribution in [0.2, 0.25) is 0 Å². The lowest BCUT2D eigenvalue weighted by Gasteiger charge is -2.43. The van der Waals surface area contributed by atoms with Crippen molar-refractivity contribution < 1.29 is 9.90 Å². The maximum absolute atomic E-state index is 8.36. The second-order valence-electron chi connectivity index (χ2n) is 8.59. The minimum atomic E-state index is -0.250. The van der Waals surface area contributed by atoms with Gasteiger partial charge in [-0.25, -0.2) is 9.97 Å². The first-order valence-corrected chi connectivity index (χ1v) is 10.8. The highest BCUT2D eigenvalue weighted by atomic mass is 32.1. The number of carbonyl (C=O) groups is 1. The fraction of sp³-hybridized carbons (Fsp3) is 0.591. The molecule has 0 aliphatic carbocycles. The Morgan fingerprint density at radius 3 is 2.54 bits per heavy atom. The Morgan fingerprint density at radius 1 is 1.25 bits per heavy atom. The number of hydrogen-bond acceptors (Lipinski definition) is 5. The number of aromatic nitrogens is 2. The Balaban J connectivity index is 0.000000878. The number of hydrogen-bond donors (Lipinski definition) is 1. The molecule has 3 rings (SSSR count). The molecule has 0 saturated carbocycles. The predicted molar refractivity (Wildman–Crippen MR) is 115 cm³/mol. The second kappa shape index (κ2) is 10.7. The van der Waals surface area contributed by atoms with E-state index < -0.39 is 0 Å². The van der Waals surface area contributed by atoms with Gasteiger partial charge in [0.1, 0.15) is 0 Å². The fourth-order valence-corrected chi connectivity index (χ4v) is 4.90. The van der Waals surface area contributed by atoms with Crippen molar-refractivity contribution in [2.45, 2.75) is 53.5 Å². The highest BCUT2D eigenvalue weighted by Crippen LogP contribution is 2.38. The van der Waals surface area contributed by atoms with Crippen molar-refractivity contribution in [3.05, 3.63) is 35.5 Å². The van der Waals surface area contributed by atoms with Gasteiger partial charge in [0.05, 0.1) is 4.88 Å². The summed E-state index contributed by atoms with van der Waals surface area (Å²) in [6.45, 7) is 12.8. The third-order valence-electron chi connectivity index (χ3n) is 5.36. The molecule has 1 fully saturated rings. The highest BCUT2D eigenvalue weighted by molar-refractivity contribution is 7.15. The molecule has 0 aromatic carbocycles. The summed E-state index contributed by atoms with van der Waals surface area (Å²) in [5.41, 5.74) is 0.392. The lowest BCUT2D eigenvalue weighted by atomic mass is 9.72. The van der Waals surface area contributed by atoms with E-state index in [9.17, 15) is 0 Å². The molecule has 1 aliphatic heterocycles. The van der Waals surface area contributed by atoms with Gasteiger partial charge in [-0.2, -0.15) is 0 Å². The zero-order valence-electron chi connectivity index (χ0n) is 17.5. The first-order valence-electron chi connectivity index (χ1n) is 10.0. The maximum Gasteiger partial charge on any atom is 0.290 e. The maximum atomic E-state index is 8.36. The molecule has 2 aromatic rings. The zero-order chi connectivity index (χ0) is 20.6. The molecule has 2 aromatic heterocycles. The van der Waals surface area contributed by atoms with E-state index >= 15 is 0 Å². The van der Waals surface area contributed by atoms with Gasteiger partial charge < -0.3 is 5.11 Å². The van der Waals surface area contributed by atoms with E-state index in [1.165, 1.54) is 42.1 Å². The van der Waals surface area contributed by atoms with E-state index in [-0.39, 0.29) is 6.47 Å². The smallest absolute Gasteiger partial charge is 0.290 e. The van der Waals surface area contributed by atoms with Crippen LogP contribution in [0.25, 0.3) is 10.7 Å². The van der Waals surface area contributed by atoms with Crippen LogP contribution in [0.4, 0.5) is 0 Å². The van der Waals surface area contributed by atoms with Gasteiger partial charge in [0, 0.05) is 36.9 Å². The molecule has 0 amide bonds. The predicted octanol–water partition coefficient (Wildman–Crippen LogP) is 5.19. The average molecular weight is 404 g/mol. The highest BCUT2D eigenvalue weighted by Gasteiger charge is 2.33. The number of nitrogens with zero attached hydrogens (tertiary/aromatic N) is 3. The molecular formula is C22H33N3O2S. The molecular weight excluding hydrogens is 370 g/mol. The molecule has 154 valence electrons. The van der Waals surface area contributed by atoms with Gasteiger partial charge in [0.15, 0.2) is 5.82 Å². The van der Waals surface area contributed by atoms with Crippen LogP contribution in [0, 0.1) is 17.3 Å². The lowest BCUT2D eigenvalue weighted by Crippen LogP contribution is -2.44. The SMILES string of the molecule is CCCC1CC(C(C)(C)C)CN(Cc2ccc(-c3ncccn3)s2)C1.O=CO. The zero-order valence-corrected chi connectivity index (χ0v) is 18.3. The summed E-state index contributed by atoms with van der Waals surface area (Å²) < 4.78 is 0. The first-order chi connectivity index (χ1) is 13.4. The third kappa shape index (κ3) is 6.67. The van der Waals surface area contributed by atoms with Crippen LogP contribution in [0.3, 0.4) is 0 Å². The Kier molecular flexibility index (Phi) is 8.58. The molecule has 0 spiro atoms. The van der Waals surface area contributed by atoms with Crippen molar-refractivity contribution in [2.24, 2.45) is 17.3 Å². The van der Waals surface area contributed by atoms with E-state index in [2.05, 4.69) is 54.7 Å². The Labute approximate surface area is 172 Å². The van der Waals surface area contributed by atoms with E-state index in [4.69, 9.17) is 9.90 Å². The van der Waals surface area contributed by atoms with Crippen LogP contribution in [-0.4, -0.2) is 39.5 Å². The quantitative estimate of drug-likeness (QED) is 0.696. The summed E-state index contributed by atoms with van der Waals surface area (Å²) in [5.74, 6) is 2.48. The molecule has 0 bridgehead atoms. The van der Waals surface area contributed by atoms with E-state index in [1.807, 2.05) is 29.8 Å². The summed E-state index contributed by atoms with van der Waals surface area (Å²) >= 11 is 1.84. The molecule has 2 atom stereocenters. The van der Waals surface area contributed by atoms with Gasteiger partial charge in [0.2, 0.25) is 0 Å². The number of carboxylic acid groups (broad SMARTS) is 1. The van der Waals surface area contributed by atoms with Crippen LogP contribution in [0.5, 0.6) is 0 Å². The molecule has 1 aliphatic rings. The van der Waals surface area contributed by atoms with E-state index in [0.717, 1.165) is 24.2 Å². The monoisotopic (exact) mass is 403 g/mol. The van der Waals surface area contributed by atoms with Crippen LogP contribution in [0.15, 0.2) is 30.6 Å². The topological polar surface area (TPSA) is 66.3 Å². The van der Waals surface area contributed by atoms with Gasteiger partial charge in [0.25, 0.3) is 6.47 Å². The molecule has 1 N–H and O–H groups in total. The summed E-state index contributed by atoms with van der Waals surface area (Å²) in [5, 5.41) is 6.89. The largest absolute Gasteiger partial charge is 0.483 e. The van der Waals surface area contributed by atoms with Crippen molar-refractivity contribution in [2.75, 3.05) is 13.1 Å². The Hall–Kier alpha value is -1.79. The molecule has 0 radical (unpaired) electrons. The molecule has 3 heterocycles. The van der Waals surface area contributed by atoms with Crippen LogP contribution < -0.4 is 0 Å². The van der Waals surface area contributed by atoms with Crippen LogP contribution in [0.1, 0.15) is 51.8 Å². The van der Waals surface area contributed by atoms with Crippen LogP contribution >= 0.6 is 11.3 Å². The van der Waals surface area contributed by atoms with Gasteiger partial charge in [-0.3, -0.25) is 9.69 Å². The summed E-state index contributed by atoms with van der Waals surface area (Å²) in [6.07, 6.45) is 7.67. The summed E-state index contributed by atoms with van der Waals surface area (Å²) in [7, 11) is 0. The first kappa shape index (κ1) is 22.5. The van der Waals surface area contributed by atoms with Crippen molar-refractivity contribution in [1.29, 1.82) is 0 Å². The summed E-state index contributed by atoms with van der Waals surface area (Å²) in [6, 6.07) is 6.29. The van der Waals surface area contributed by atoms with Gasteiger partial charge in [-0.1, -0.05) is 34.1 Å². The van der Waals surface area contributed by atoms with Gasteiger partial charge in [-0.05, 0) is 48.3 Å². The number of thiophene rings is 1. The molecule has 28 heavy (non-hydrogen) atoms. The minimum Gasteiger partial charge on any atom is -0.483 e. The van der Waals surface area contributed by atoms with Crippen molar-refractivity contribution >= 4 is 17.8 Å². The second-order valence-corrected chi connectivity index (χ2v) is 9.76. The molecule has 2 unspecified atom stereocenters. The fourth-order valence-electron chi connectivity index (χ4n) is 3.91. The Morgan fingerprint density at radius 2 is 1.93 bits per heavy atom. The Bertz CT molecular complexity index is 712. The van der Waals surface area contributed by atoms with Crippen molar-refractivity contribution in [3.63, 3.8) is 0 Å². The molecule has 6 heteroatoms. The number of rotatable bonds is 5. The normalized spacial score (nSPS) is 20.3. The third-order valence-corrected chi connectivity index (χ3v) is 6.43. The van der Waals surface area contributed by atoms with Gasteiger partial charge >= 0.3 is 0 Å². The molecule has 5 nitrogen and oxygen atoms in total. The van der Waals surface area contributed by atoms with Crippen molar-refractivity contribution in [1.82, 2.24) is 14.9 Å². The van der Waals surface area contributed by atoms with Gasteiger partial charge in [-0.15, -0.1) is 11.3 Å². The van der Waals surface area contributed by atoms with E-state index in [0.29, 0.717) is 5.41 Å². The minimum absolute atomic E-state index is 0.250. The van der Waals surface area contributed by atoms with E-state index in [1.54, 1.807) is 0 Å².